The summed E-state index contributed by atoms with van der Waals surface area (Å²) in [5.41, 5.74) is 3.18. The predicted molar refractivity (Wildman–Crippen MR) is 245 cm³/mol. The molecule has 20 nitrogen and oxygen atoms in total. The van der Waals surface area contributed by atoms with Crippen LogP contribution in [0.15, 0.2) is 48.9 Å². The van der Waals surface area contributed by atoms with Crippen LogP contribution in [-0.2, 0) is 33.3 Å². The van der Waals surface area contributed by atoms with Crippen LogP contribution >= 0.6 is 0 Å². The number of aromatic nitrogens is 4. The lowest BCUT2D eigenvalue weighted by molar-refractivity contribution is -0.137. The van der Waals surface area contributed by atoms with Gasteiger partial charge in [-0.05, 0) is 69.1 Å². The van der Waals surface area contributed by atoms with E-state index in [1.54, 1.807) is 53.3 Å². The molecule has 0 bridgehead atoms. The Hall–Kier alpha value is -6.66. The summed E-state index contributed by atoms with van der Waals surface area (Å²) < 4.78 is 24.1. The summed E-state index contributed by atoms with van der Waals surface area (Å²) in [5.74, 6) is -1.44. The van der Waals surface area contributed by atoms with E-state index in [1.165, 1.54) is 6.20 Å². The first-order valence-corrected chi connectivity index (χ1v) is 23.3. The van der Waals surface area contributed by atoms with Crippen molar-refractivity contribution >= 4 is 57.7 Å². The molecule has 4 aliphatic rings. The Labute approximate surface area is 393 Å². The Morgan fingerprint density at radius 2 is 1.56 bits per heavy atom. The summed E-state index contributed by atoms with van der Waals surface area (Å²) in [4.78, 5) is 88.8. The van der Waals surface area contributed by atoms with Crippen LogP contribution in [0.2, 0.25) is 0 Å². The van der Waals surface area contributed by atoms with Crippen LogP contribution in [0, 0.1) is 23.2 Å². The van der Waals surface area contributed by atoms with Gasteiger partial charge in [0.15, 0.2) is 17.2 Å². The maximum atomic E-state index is 13.7. The van der Waals surface area contributed by atoms with Gasteiger partial charge in [0.05, 0.1) is 87.0 Å². The summed E-state index contributed by atoms with van der Waals surface area (Å²) in [6.45, 7) is 3.77. The molecule has 1 aromatic carbocycles. The van der Waals surface area contributed by atoms with Crippen LogP contribution in [-0.4, -0.2) is 150 Å². The highest BCUT2D eigenvalue weighted by Gasteiger charge is 2.45. The summed E-state index contributed by atoms with van der Waals surface area (Å²) >= 11 is 0. The highest BCUT2D eigenvalue weighted by Crippen LogP contribution is 2.35. The molecule has 358 valence electrons. The van der Waals surface area contributed by atoms with Gasteiger partial charge in [-0.3, -0.25) is 39.0 Å². The van der Waals surface area contributed by atoms with Gasteiger partial charge in [-0.25, -0.2) is 9.97 Å². The zero-order chi connectivity index (χ0) is 47.6. The summed E-state index contributed by atoms with van der Waals surface area (Å²) in [5, 5.41) is 23.3. The molecule has 2 aliphatic heterocycles. The minimum atomic E-state index is -1.03. The molecule has 5 amide bonds. The van der Waals surface area contributed by atoms with E-state index in [1.807, 2.05) is 6.07 Å². The van der Waals surface area contributed by atoms with E-state index in [0.29, 0.717) is 107 Å². The second kappa shape index (κ2) is 22.4. The normalized spacial score (nSPS) is 19.2. The van der Waals surface area contributed by atoms with E-state index in [2.05, 4.69) is 37.1 Å². The molecule has 0 spiro atoms. The smallest absolute Gasteiger partial charge is 0.264 e. The van der Waals surface area contributed by atoms with Crippen molar-refractivity contribution < 1.29 is 47.7 Å². The second-order valence-electron chi connectivity index (χ2n) is 17.5. The Morgan fingerprint density at radius 1 is 0.838 bits per heavy atom. The maximum absolute atomic E-state index is 13.7. The molecule has 4 aromatic rings. The lowest BCUT2D eigenvalue weighted by atomic mass is 9.78. The van der Waals surface area contributed by atoms with E-state index in [9.17, 15) is 34.0 Å². The number of amides is 5. The number of hydrogen-bond acceptors (Lipinski definition) is 16. The Morgan fingerprint density at radius 3 is 2.26 bits per heavy atom. The van der Waals surface area contributed by atoms with Crippen LogP contribution in [0.4, 0.5) is 11.4 Å². The molecule has 1 saturated heterocycles. The SMILES string of the molecule is CN(CCOCCOCCOCCOCCNc1cccc2c1C(=O)N(C1CCC(=O)NC1=O)C2=O)C(=O)C1CCC(CC(=O)c2cnc(-n3ncc4cc(C#N)cnc43)cc2NC2CC2)CC1. The van der Waals surface area contributed by atoms with Gasteiger partial charge in [-0.15, -0.1) is 0 Å². The van der Waals surface area contributed by atoms with Crippen LogP contribution in [0.1, 0.15) is 94.4 Å². The minimum absolute atomic E-state index is 0.0290. The minimum Gasteiger partial charge on any atom is -0.382 e. The van der Waals surface area contributed by atoms with E-state index < -0.39 is 29.7 Å². The van der Waals surface area contributed by atoms with E-state index in [0.717, 1.165) is 54.5 Å². The van der Waals surface area contributed by atoms with Crippen molar-refractivity contribution in [3.63, 3.8) is 0 Å². The number of imide groups is 2. The van der Waals surface area contributed by atoms with Crippen LogP contribution in [0.5, 0.6) is 0 Å². The number of piperidine rings is 1. The van der Waals surface area contributed by atoms with Gasteiger partial charge in [0.25, 0.3) is 11.8 Å². The highest BCUT2D eigenvalue weighted by atomic mass is 16.6. The number of nitrogens with one attached hydrogen (secondary N) is 3. The van der Waals surface area contributed by atoms with E-state index >= 15 is 0 Å². The largest absolute Gasteiger partial charge is 0.382 e. The number of benzene rings is 1. The zero-order valence-corrected chi connectivity index (χ0v) is 38.1. The molecular formula is C48H56N10O10. The predicted octanol–water partition coefficient (Wildman–Crippen LogP) is 3.68. The number of anilines is 2. The number of carbonyl (C=O) groups is 6. The zero-order valence-electron chi connectivity index (χ0n) is 38.1. The number of pyridine rings is 2. The number of rotatable bonds is 24. The molecular weight excluding hydrogens is 877 g/mol. The second-order valence-corrected chi connectivity index (χ2v) is 17.5. The first-order chi connectivity index (χ1) is 33.1. The van der Waals surface area contributed by atoms with Gasteiger partial charge in [0.2, 0.25) is 17.7 Å². The van der Waals surface area contributed by atoms with Gasteiger partial charge in [-0.2, -0.15) is 15.0 Å². The molecule has 3 fully saturated rings. The first-order valence-electron chi connectivity index (χ1n) is 23.3. The molecule has 20 heteroatoms. The number of ketones is 1. The Kier molecular flexibility index (Phi) is 15.8. The topological polar surface area (TPSA) is 249 Å². The third kappa shape index (κ3) is 11.5. The number of likely N-dealkylation sites (N-methyl/N-ethyl adjacent to an activating group) is 1. The maximum Gasteiger partial charge on any atom is 0.264 e. The fourth-order valence-electron chi connectivity index (χ4n) is 8.79. The van der Waals surface area contributed by atoms with Crippen molar-refractivity contribution in [3.05, 3.63) is 71.2 Å². The van der Waals surface area contributed by atoms with Gasteiger partial charge in [-0.1, -0.05) is 6.07 Å². The van der Waals surface area contributed by atoms with Crippen molar-refractivity contribution in [1.29, 1.82) is 5.26 Å². The monoisotopic (exact) mass is 932 g/mol. The highest BCUT2D eigenvalue weighted by molar-refractivity contribution is 6.25. The van der Waals surface area contributed by atoms with Crippen molar-refractivity contribution in [3.8, 4) is 11.9 Å². The summed E-state index contributed by atoms with van der Waals surface area (Å²) in [7, 11) is 1.80. The molecule has 5 heterocycles. The quantitative estimate of drug-likeness (QED) is 0.0515. The summed E-state index contributed by atoms with van der Waals surface area (Å²) in [6.07, 6.45) is 10.5. The van der Waals surface area contributed by atoms with Crippen molar-refractivity contribution in [2.24, 2.45) is 11.8 Å². The molecule has 68 heavy (non-hydrogen) atoms. The Bertz CT molecular complexity index is 2560. The average molecular weight is 933 g/mol. The third-order valence-corrected chi connectivity index (χ3v) is 12.6. The molecule has 2 saturated carbocycles. The molecule has 3 aromatic heterocycles. The standard InChI is InChI=1S/C48H56N10O10/c1-56(14-16-66-18-20-68-22-21-67-19-17-65-15-13-50-37-4-2-3-35-43(37)48(64)57(47(35)63)39-11-12-42(60)55-45(39)61)46(62)32-7-5-30(6-8-32)24-40(59)36-29-51-41(25-38(36)54-34-9-10-34)58-44-33(28-53-58)23-31(26-49)27-52-44/h2-4,23,25,27-30,32,34,39,50H,5-22,24H2,1H3,(H,51,54)(H,55,60,61). The fraction of sp³-hybridized carbons (Fsp3) is 0.500. The van der Waals surface area contributed by atoms with E-state index in [4.69, 9.17) is 18.9 Å². The lowest BCUT2D eigenvalue weighted by Crippen LogP contribution is -2.54. The van der Waals surface area contributed by atoms with Crippen molar-refractivity contribution in [2.45, 2.75) is 69.9 Å². The van der Waals surface area contributed by atoms with Crippen LogP contribution in [0.3, 0.4) is 0 Å². The molecule has 2 aliphatic carbocycles. The molecule has 1 unspecified atom stereocenters. The van der Waals surface area contributed by atoms with E-state index in [-0.39, 0.29) is 47.5 Å². The average Bonchev–Trinajstić information content (AvgIpc) is 4.00. The Balaban J connectivity index is 0.649. The molecule has 3 N–H and O–H groups in total. The number of fused-ring (bicyclic) bond motifs is 2. The van der Waals surface area contributed by atoms with Gasteiger partial charge in [0, 0.05) is 74.5 Å². The lowest BCUT2D eigenvalue weighted by Gasteiger charge is -2.30. The number of hydrogen-bond donors (Lipinski definition) is 3. The van der Waals surface area contributed by atoms with Crippen molar-refractivity contribution in [1.82, 2.24) is 34.9 Å². The van der Waals surface area contributed by atoms with Gasteiger partial charge < -0.3 is 34.5 Å². The molecule has 8 rings (SSSR count). The molecule has 1 atom stereocenters. The van der Waals surface area contributed by atoms with Crippen LogP contribution in [0.25, 0.3) is 16.9 Å². The fourth-order valence-corrected chi connectivity index (χ4v) is 8.79. The number of nitrogens with zero attached hydrogens (tertiary/aromatic N) is 7. The van der Waals surface area contributed by atoms with Gasteiger partial charge >= 0.3 is 0 Å². The van der Waals surface area contributed by atoms with Crippen molar-refractivity contribution in [2.75, 3.05) is 83.6 Å². The van der Waals surface area contributed by atoms with Gasteiger partial charge in [0.1, 0.15) is 12.1 Å². The molecule has 0 radical (unpaired) electrons. The number of ether oxygens (including phenoxy) is 4. The van der Waals surface area contributed by atoms with Crippen LogP contribution < -0.4 is 16.0 Å². The number of carbonyl (C=O) groups excluding carboxylic acids is 6. The number of nitriles is 1. The number of Topliss-reactive ketones (excluding diaryl/α,β-unsaturated/α-hetero) is 1. The first kappa shape index (κ1) is 47.8. The summed E-state index contributed by atoms with van der Waals surface area (Å²) in [6, 6.07) is 9.86. The third-order valence-electron chi connectivity index (χ3n) is 12.6.